The summed E-state index contributed by atoms with van der Waals surface area (Å²) >= 11 is 0. The van der Waals surface area contributed by atoms with Crippen LogP contribution in [0.4, 0.5) is 10.1 Å². The minimum Gasteiger partial charge on any atom is -0.365 e. The highest BCUT2D eigenvalue weighted by molar-refractivity contribution is 5.56. The van der Waals surface area contributed by atoms with Crippen molar-refractivity contribution in [2.75, 3.05) is 18.0 Å². The number of rotatable bonds is 0. The summed E-state index contributed by atoms with van der Waals surface area (Å²) in [7, 11) is 0. The summed E-state index contributed by atoms with van der Waals surface area (Å²) in [5, 5.41) is 3.26. The van der Waals surface area contributed by atoms with Crippen LogP contribution in [0.15, 0.2) is 18.2 Å². The summed E-state index contributed by atoms with van der Waals surface area (Å²) in [6, 6.07) is 5.33. The Morgan fingerprint density at radius 2 is 2.06 bits per heavy atom. The van der Waals surface area contributed by atoms with Gasteiger partial charge in [0.2, 0.25) is 0 Å². The van der Waals surface area contributed by atoms with Gasteiger partial charge in [-0.25, -0.2) is 4.39 Å². The van der Waals surface area contributed by atoms with Crippen molar-refractivity contribution >= 4 is 5.69 Å². The Hall–Kier alpha value is -1.09. The van der Waals surface area contributed by atoms with Gasteiger partial charge in [-0.1, -0.05) is 6.07 Å². The topological polar surface area (TPSA) is 15.3 Å². The maximum absolute atomic E-state index is 13.7. The fourth-order valence-electron chi connectivity index (χ4n) is 2.20. The van der Waals surface area contributed by atoms with E-state index in [0.717, 1.165) is 24.3 Å². The Labute approximate surface area is 96.5 Å². The molecule has 0 saturated carbocycles. The molecule has 2 nitrogen and oxygen atoms in total. The van der Waals surface area contributed by atoms with Gasteiger partial charge in [-0.2, -0.15) is 0 Å². The van der Waals surface area contributed by atoms with Crippen LogP contribution in [0.1, 0.15) is 26.3 Å². The van der Waals surface area contributed by atoms with E-state index in [4.69, 9.17) is 0 Å². The molecule has 1 heterocycles. The van der Waals surface area contributed by atoms with Gasteiger partial charge >= 0.3 is 0 Å². The van der Waals surface area contributed by atoms with E-state index in [1.165, 1.54) is 6.07 Å². The zero-order valence-electron chi connectivity index (χ0n) is 10.2. The molecule has 0 radical (unpaired) electrons. The first kappa shape index (κ1) is 11.4. The highest BCUT2D eigenvalue weighted by Gasteiger charge is 2.26. The van der Waals surface area contributed by atoms with Crippen LogP contribution >= 0.6 is 0 Å². The van der Waals surface area contributed by atoms with Crippen molar-refractivity contribution in [1.82, 2.24) is 5.32 Å². The number of hydrogen-bond acceptors (Lipinski definition) is 2. The number of benzene rings is 1. The lowest BCUT2D eigenvalue weighted by Crippen LogP contribution is -2.43. The number of nitrogens with zero attached hydrogens (tertiary/aromatic N) is 1. The highest BCUT2D eigenvalue weighted by atomic mass is 19.1. The lowest BCUT2D eigenvalue weighted by Gasteiger charge is -2.37. The second kappa shape index (κ2) is 4.06. The van der Waals surface area contributed by atoms with Crippen LogP contribution < -0.4 is 10.2 Å². The van der Waals surface area contributed by atoms with E-state index < -0.39 is 0 Å². The Kier molecular flexibility index (Phi) is 2.89. The smallest absolute Gasteiger partial charge is 0.129 e. The Morgan fingerprint density at radius 1 is 1.31 bits per heavy atom. The summed E-state index contributed by atoms with van der Waals surface area (Å²) in [5.74, 6) is -0.110. The molecule has 0 atom stereocenters. The summed E-state index contributed by atoms with van der Waals surface area (Å²) in [4.78, 5) is 2.27. The minimum absolute atomic E-state index is 0.0224. The third-order valence-corrected chi connectivity index (χ3v) is 3.01. The molecule has 3 heteroatoms. The van der Waals surface area contributed by atoms with E-state index in [0.29, 0.717) is 6.54 Å². The predicted octanol–water partition coefficient (Wildman–Crippen LogP) is 2.53. The monoisotopic (exact) mass is 222 g/mol. The van der Waals surface area contributed by atoms with Gasteiger partial charge in [0.25, 0.3) is 0 Å². The lowest BCUT2D eigenvalue weighted by atomic mass is 10.0. The Morgan fingerprint density at radius 3 is 2.75 bits per heavy atom. The molecule has 1 aromatic carbocycles. The maximum Gasteiger partial charge on any atom is 0.129 e. The predicted molar refractivity (Wildman–Crippen MR) is 65.2 cm³/mol. The molecule has 0 unspecified atom stereocenters. The van der Waals surface area contributed by atoms with Gasteiger partial charge in [-0.15, -0.1) is 0 Å². The van der Waals surface area contributed by atoms with Gasteiger partial charge < -0.3 is 10.2 Å². The molecule has 0 fully saturated rings. The van der Waals surface area contributed by atoms with Gasteiger partial charge in [0, 0.05) is 36.4 Å². The summed E-state index contributed by atoms with van der Waals surface area (Å²) in [5.41, 5.74) is 1.83. The fourth-order valence-corrected chi connectivity index (χ4v) is 2.20. The van der Waals surface area contributed by atoms with E-state index in [1.54, 1.807) is 6.07 Å². The SMILES string of the molecule is CC(C)(C)N1CCNCc2c(F)cccc21. The number of nitrogens with one attached hydrogen (secondary N) is 1. The van der Waals surface area contributed by atoms with Gasteiger partial charge in [0.1, 0.15) is 5.82 Å². The average Bonchev–Trinajstić information content (AvgIpc) is 2.39. The lowest BCUT2D eigenvalue weighted by molar-refractivity contribution is 0.501. The van der Waals surface area contributed by atoms with E-state index in [-0.39, 0.29) is 11.4 Å². The first-order valence-corrected chi connectivity index (χ1v) is 5.76. The van der Waals surface area contributed by atoms with E-state index in [2.05, 4.69) is 31.0 Å². The number of hydrogen-bond donors (Lipinski definition) is 1. The second-order valence-corrected chi connectivity index (χ2v) is 5.24. The van der Waals surface area contributed by atoms with Crippen LogP contribution in [0.25, 0.3) is 0 Å². The molecular formula is C13H19FN2. The van der Waals surface area contributed by atoms with Gasteiger partial charge in [0.15, 0.2) is 0 Å². The van der Waals surface area contributed by atoms with Crippen LogP contribution in [0, 0.1) is 5.82 Å². The van der Waals surface area contributed by atoms with Crippen LogP contribution in [0.5, 0.6) is 0 Å². The molecule has 1 aliphatic rings. The van der Waals surface area contributed by atoms with Crippen molar-refractivity contribution in [3.63, 3.8) is 0 Å². The Bertz CT molecular complexity index is 382. The average molecular weight is 222 g/mol. The molecule has 88 valence electrons. The van der Waals surface area contributed by atoms with E-state index in [1.807, 2.05) is 6.07 Å². The van der Waals surface area contributed by atoms with Gasteiger partial charge in [-0.05, 0) is 32.9 Å². The minimum atomic E-state index is -0.110. The summed E-state index contributed by atoms with van der Waals surface area (Å²) in [6.07, 6.45) is 0. The third kappa shape index (κ3) is 2.05. The van der Waals surface area contributed by atoms with Gasteiger partial charge in [0.05, 0.1) is 0 Å². The molecule has 1 N–H and O–H groups in total. The number of halogens is 1. The molecule has 16 heavy (non-hydrogen) atoms. The van der Waals surface area contributed by atoms with Crippen LogP contribution in [0.2, 0.25) is 0 Å². The van der Waals surface area contributed by atoms with Crippen LogP contribution in [-0.2, 0) is 6.54 Å². The molecule has 0 saturated heterocycles. The van der Waals surface area contributed by atoms with Crippen molar-refractivity contribution < 1.29 is 4.39 Å². The standard InChI is InChI=1S/C13H19FN2/c1-13(2,3)16-8-7-15-9-10-11(14)5-4-6-12(10)16/h4-6,15H,7-9H2,1-3H3. The van der Waals surface area contributed by atoms with Gasteiger partial charge in [-0.3, -0.25) is 0 Å². The Balaban J connectivity index is 2.49. The van der Waals surface area contributed by atoms with Crippen molar-refractivity contribution in [2.24, 2.45) is 0 Å². The molecule has 0 amide bonds. The van der Waals surface area contributed by atoms with Crippen molar-refractivity contribution in [1.29, 1.82) is 0 Å². The van der Waals surface area contributed by atoms with Crippen molar-refractivity contribution in [3.8, 4) is 0 Å². The largest absolute Gasteiger partial charge is 0.365 e. The molecule has 0 spiro atoms. The molecule has 1 aliphatic heterocycles. The molecule has 0 aliphatic carbocycles. The zero-order chi connectivity index (χ0) is 11.8. The van der Waals surface area contributed by atoms with Crippen molar-refractivity contribution in [3.05, 3.63) is 29.6 Å². The molecular weight excluding hydrogens is 203 g/mol. The molecule has 2 rings (SSSR count). The first-order valence-electron chi connectivity index (χ1n) is 5.76. The molecule has 1 aromatic rings. The van der Waals surface area contributed by atoms with E-state index in [9.17, 15) is 4.39 Å². The summed E-state index contributed by atoms with van der Waals surface area (Å²) < 4.78 is 13.7. The number of anilines is 1. The van der Waals surface area contributed by atoms with Crippen molar-refractivity contribution in [2.45, 2.75) is 32.9 Å². The normalized spacial score (nSPS) is 16.9. The van der Waals surface area contributed by atoms with E-state index >= 15 is 0 Å². The molecule has 0 aromatic heterocycles. The van der Waals surface area contributed by atoms with Crippen LogP contribution in [-0.4, -0.2) is 18.6 Å². The quantitative estimate of drug-likeness (QED) is 0.725. The highest BCUT2D eigenvalue weighted by Crippen LogP contribution is 2.30. The summed E-state index contributed by atoms with van der Waals surface area (Å²) in [6.45, 7) is 8.91. The van der Waals surface area contributed by atoms with Crippen LogP contribution in [0.3, 0.4) is 0 Å². The number of fused-ring (bicyclic) bond motifs is 1. The second-order valence-electron chi connectivity index (χ2n) is 5.24. The maximum atomic E-state index is 13.7. The first-order chi connectivity index (χ1) is 7.50. The fraction of sp³-hybridized carbons (Fsp3) is 0.538. The molecule has 0 bridgehead atoms. The third-order valence-electron chi connectivity index (χ3n) is 3.01. The zero-order valence-corrected chi connectivity index (χ0v) is 10.2.